The third-order valence-electron chi connectivity index (χ3n) is 4.61. The number of ether oxygens (including phenoxy) is 2. The Morgan fingerprint density at radius 3 is 2.58 bits per heavy atom. The Balaban J connectivity index is 1.55. The molecule has 0 saturated heterocycles. The molecule has 0 atom stereocenters. The van der Waals surface area contributed by atoms with E-state index >= 15 is 0 Å². The summed E-state index contributed by atoms with van der Waals surface area (Å²) in [6.07, 6.45) is 0.330. The maximum Gasteiger partial charge on any atom is 0.315 e. The minimum Gasteiger partial charge on any atom is -0.497 e. The lowest BCUT2D eigenvalue weighted by Gasteiger charge is -2.18. The fourth-order valence-corrected chi connectivity index (χ4v) is 2.85. The van der Waals surface area contributed by atoms with Crippen molar-refractivity contribution in [2.24, 2.45) is 0 Å². The summed E-state index contributed by atoms with van der Waals surface area (Å²) < 4.78 is 15.5. The molecule has 2 aromatic carbocycles. The van der Waals surface area contributed by atoms with Crippen LogP contribution in [0.15, 0.2) is 53.1 Å². The average Bonchev–Trinajstić information content (AvgIpc) is 3.30. The van der Waals surface area contributed by atoms with Crippen LogP contribution < -0.4 is 14.8 Å². The number of aromatic nitrogens is 2. The molecule has 0 saturated carbocycles. The maximum atomic E-state index is 12.8. The van der Waals surface area contributed by atoms with Gasteiger partial charge in [0.25, 0.3) is 5.91 Å². The number of nitrogens with zero attached hydrogens (tertiary/aromatic N) is 3. The lowest BCUT2D eigenvalue weighted by Crippen LogP contribution is -2.29. The topological polar surface area (TPSA) is 107 Å². The van der Waals surface area contributed by atoms with Crippen molar-refractivity contribution in [3.8, 4) is 11.5 Å². The van der Waals surface area contributed by atoms with Gasteiger partial charge in [-0.15, -0.1) is 0 Å². The zero-order chi connectivity index (χ0) is 22.2. The number of hydrogen-bond donors (Lipinski definition) is 1. The van der Waals surface area contributed by atoms with E-state index in [0.717, 1.165) is 5.56 Å². The summed E-state index contributed by atoms with van der Waals surface area (Å²) in [4.78, 5) is 30.6. The van der Waals surface area contributed by atoms with E-state index in [-0.39, 0.29) is 11.8 Å². The first-order chi connectivity index (χ1) is 15.0. The minimum atomic E-state index is -0.449. The van der Waals surface area contributed by atoms with E-state index in [0.29, 0.717) is 42.4 Å². The van der Waals surface area contributed by atoms with Gasteiger partial charge in [-0.2, -0.15) is 4.98 Å². The second kappa shape index (κ2) is 10.2. The molecule has 0 aliphatic rings. The molecule has 9 nitrogen and oxygen atoms in total. The molecule has 9 heteroatoms. The Hall–Kier alpha value is -3.88. The number of likely N-dealkylation sites (N-methyl/N-ethyl adjacent to an activating group) is 1. The number of nitrogens with one attached hydrogen (secondary N) is 1. The quantitative estimate of drug-likeness (QED) is 0.562. The largest absolute Gasteiger partial charge is 0.497 e. The molecule has 0 bridgehead atoms. The number of carbonyl (C=O) groups is 2. The first-order valence-electron chi connectivity index (χ1n) is 9.64. The van der Waals surface area contributed by atoms with Crippen LogP contribution in [0.2, 0.25) is 0 Å². The average molecular weight is 424 g/mol. The van der Waals surface area contributed by atoms with Gasteiger partial charge in [-0.25, -0.2) is 0 Å². The lowest BCUT2D eigenvalue weighted by molar-refractivity contribution is 0.0792. The van der Waals surface area contributed by atoms with Gasteiger partial charge in [0.1, 0.15) is 11.5 Å². The van der Waals surface area contributed by atoms with Crippen LogP contribution in [0, 0.1) is 0 Å². The van der Waals surface area contributed by atoms with Crippen LogP contribution in [0.4, 0.5) is 0 Å². The summed E-state index contributed by atoms with van der Waals surface area (Å²) in [5.41, 5.74) is 1.38. The highest BCUT2D eigenvalue weighted by Crippen LogP contribution is 2.25. The Labute approximate surface area is 180 Å². The highest BCUT2D eigenvalue weighted by molar-refractivity contribution is 5.97. The summed E-state index contributed by atoms with van der Waals surface area (Å²) >= 11 is 0. The highest BCUT2D eigenvalue weighted by Gasteiger charge is 2.19. The smallest absolute Gasteiger partial charge is 0.315 e. The Kier molecular flexibility index (Phi) is 7.21. The van der Waals surface area contributed by atoms with Crippen molar-refractivity contribution in [2.45, 2.75) is 13.0 Å². The number of carbonyl (C=O) groups excluding carboxylic acids is 2. The molecule has 3 aromatic rings. The van der Waals surface area contributed by atoms with Crippen molar-refractivity contribution in [2.75, 3.05) is 27.8 Å². The van der Waals surface area contributed by atoms with Gasteiger partial charge >= 0.3 is 11.8 Å². The predicted octanol–water partition coefficient (Wildman–Crippen LogP) is 2.33. The van der Waals surface area contributed by atoms with Crippen molar-refractivity contribution in [1.29, 1.82) is 0 Å². The van der Waals surface area contributed by atoms with Crippen LogP contribution in [0.25, 0.3) is 0 Å². The van der Waals surface area contributed by atoms with Crippen LogP contribution in [-0.4, -0.2) is 54.7 Å². The van der Waals surface area contributed by atoms with E-state index in [2.05, 4.69) is 15.5 Å². The van der Waals surface area contributed by atoms with Crippen molar-refractivity contribution >= 4 is 11.8 Å². The number of benzene rings is 2. The molecule has 0 radical (unpaired) electrons. The van der Waals surface area contributed by atoms with E-state index in [1.807, 2.05) is 30.3 Å². The van der Waals surface area contributed by atoms with Crippen molar-refractivity contribution < 1.29 is 23.6 Å². The van der Waals surface area contributed by atoms with Crippen molar-refractivity contribution in [3.63, 3.8) is 0 Å². The van der Waals surface area contributed by atoms with Crippen molar-refractivity contribution in [1.82, 2.24) is 20.4 Å². The molecule has 1 heterocycles. The molecule has 0 fully saturated rings. The molecule has 0 spiro atoms. The standard InChI is InChI=1S/C22H24N4O5/c1-26(22(28)17-10-9-16(29-2)13-18(17)30-3)12-11-19-24-21(31-25-19)20(27)23-14-15-7-5-4-6-8-15/h4-10,13H,11-12,14H2,1-3H3,(H,23,27). The van der Waals surface area contributed by atoms with Crippen LogP contribution in [0.1, 0.15) is 32.4 Å². The van der Waals surface area contributed by atoms with Gasteiger partial charge in [0.15, 0.2) is 5.82 Å². The molecule has 162 valence electrons. The number of rotatable bonds is 9. The first kappa shape index (κ1) is 21.8. The monoisotopic (exact) mass is 424 g/mol. The van der Waals surface area contributed by atoms with Crippen LogP contribution >= 0.6 is 0 Å². The second-order valence-corrected chi connectivity index (χ2v) is 6.73. The Morgan fingerprint density at radius 2 is 1.87 bits per heavy atom. The van der Waals surface area contributed by atoms with Gasteiger partial charge in [0.2, 0.25) is 0 Å². The molecule has 3 rings (SSSR count). The SMILES string of the molecule is COc1ccc(C(=O)N(C)CCc2noc(C(=O)NCc3ccccc3)n2)c(OC)c1. The number of hydrogen-bond acceptors (Lipinski definition) is 7. The molecule has 0 aliphatic carbocycles. The van der Waals surface area contributed by atoms with E-state index in [1.54, 1.807) is 32.4 Å². The van der Waals surface area contributed by atoms with E-state index < -0.39 is 5.91 Å². The normalized spacial score (nSPS) is 10.4. The zero-order valence-corrected chi connectivity index (χ0v) is 17.6. The van der Waals surface area contributed by atoms with Crippen LogP contribution in [0.5, 0.6) is 11.5 Å². The summed E-state index contributed by atoms with van der Waals surface area (Å²) in [5.74, 6) is 0.579. The second-order valence-electron chi connectivity index (χ2n) is 6.73. The molecule has 2 amide bonds. The third-order valence-corrected chi connectivity index (χ3v) is 4.61. The molecule has 1 N–H and O–H groups in total. The summed E-state index contributed by atoms with van der Waals surface area (Å²) in [6, 6.07) is 14.5. The molecule has 31 heavy (non-hydrogen) atoms. The molecule has 1 aromatic heterocycles. The fourth-order valence-electron chi connectivity index (χ4n) is 2.85. The van der Waals surface area contributed by atoms with E-state index in [9.17, 15) is 9.59 Å². The van der Waals surface area contributed by atoms with E-state index in [1.165, 1.54) is 12.0 Å². The fraction of sp³-hybridized carbons (Fsp3) is 0.273. The third kappa shape index (κ3) is 5.59. The van der Waals surface area contributed by atoms with Gasteiger partial charge in [-0.1, -0.05) is 35.5 Å². The molecule has 0 aliphatic heterocycles. The Bertz CT molecular complexity index is 1040. The zero-order valence-electron chi connectivity index (χ0n) is 17.6. The molecule has 0 unspecified atom stereocenters. The Morgan fingerprint density at radius 1 is 1.10 bits per heavy atom. The van der Waals surface area contributed by atoms with Gasteiger partial charge in [-0.3, -0.25) is 9.59 Å². The maximum absolute atomic E-state index is 12.8. The predicted molar refractivity (Wildman–Crippen MR) is 112 cm³/mol. The van der Waals surface area contributed by atoms with Gasteiger partial charge in [0, 0.05) is 32.6 Å². The minimum absolute atomic E-state index is 0.114. The van der Waals surface area contributed by atoms with Crippen LogP contribution in [0.3, 0.4) is 0 Å². The molecular weight excluding hydrogens is 400 g/mol. The van der Waals surface area contributed by atoms with Crippen LogP contribution in [-0.2, 0) is 13.0 Å². The van der Waals surface area contributed by atoms with Gasteiger partial charge in [-0.05, 0) is 17.7 Å². The van der Waals surface area contributed by atoms with Gasteiger partial charge in [0.05, 0.1) is 19.8 Å². The highest BCUT2D eigenvalue weighted by atomic mass is 16.5. The van der Waals surface area contributed by atoms with E-state index in [4.69, 9.17) is 14.0 Å². The summed E-state index contributed by atoms with van der Waals surface area (Å²) in [5, 5.41) is 6.56. The number of amides is 2. The molecular formula is C22H24N4O5. The summed E-state index contributed by atoms with van der Waals surface area (Å²) in [7, 11) is 4.71. The van der Waals surface area contributed by atoms with Gasteiger partial charge < -0.3 is 24.2 Å². The first-order valence-corrected chi connectivity index (χ1v) is 9.64. The van der Waals surface area contributed by atoms with Crippen molar-refractivity contribution in [3.05, 3.63) is 71.4 Å². The number of methoxy groups -OCH3 is 2. The lowest BCUT2D eigenvalue weighted by atomic mass is 10.1. The summed E-state index contributed by atoms with van der Waals surface area (Å²) in [6.45, 7) is 0.691.